The van der Waals surface area contributed by atoms with Gasteiger partial charge in [-0.1, -0.05) is 0 Å². The van der Waals surface area contributed by atoms with Gasteiger partial charge in [0.2, 0.25) is 12.7 Å². The Morgan fingerprint density at radius 2 is 1.96 bits per heavy atom. The number of carbonyl (C=O) groups excluding carboxylic acids is 2. The van der Waals surface area contributed by atoms with E-state index in [9.17, 15) is 9.59 Å². The summed E-state index contributed by atoms with van der Waals surface area (Å²) in [6.07, 6.45) is 3.64. The first kappa shape index (κ1) is 17.9. The van der Waals surface area contributed by atoms with Gasteiger partial charge in [-0.05, 0) is 37.8 Å². The van der Waals surface area contributed by atoms with Gasteiger partial charge in [0.1, 0.15) is 0 Å². The van der Waals surface area contributed by atoms with E-state index >= 15 is 0 Å². The van der Waals surface area contributed by atoms with E-state index in [4.69, 9.17) is 14.2 Å². The van der Waals surface area contributed by atoms with E-state index in [-0.39, 0.29) is 30.4 Å². The number of carbonyl (C=O) groups is 2. The lowest BCUT2D eigenvalue weighted by atomic mass is 9.88. The van der Waals surface area contributed by atoms with Gasteiger partial charge in [-0.3, -0.25) is 4.79 Å². The second-order valence-electron chi connectivity index (χ2n) is 7.38. The molecule has 0 unspecified atom stereocenters. The molecule has 27 heavy (non-hydrogen) atoms. The lowest BCUT2D eigenvalue weighted by Crippen LogP contribution is -2.48. The fourth-order valence-electron chi connectivity index (χ4n) is 3.96. The van der Waals surface area contributed by atoms with E-state index in [2.05, 4.69) is 10.6 Å². The van der Waals surface area contributed by atoms with Crippen LogP contribution in [0.25, 0.3) is 0 Å². The second-order valence-corrected chi connectivity index (χ2v) is 7.38. The van der Waals surface area contributed by atoms with E-state index in [0.29, 0.717) is 36.8 Å². The molecule has 8 nitrogen and oxygen atoms in total. The Morgan fingerprint density at radius 3 is 2.74 bits per heavy atom. The van der Waals surface area contributed by atoms with Crippen molar-refractivity contribution in [1.29, 1.82) is 0 Å². The zero-order valence-corrected chi connectivity index (χ0v) is 15.5. The van der Waals surface area contributed by atoms with Crippen molar-refractivity contribution >= 4 is 17.6 Å². The van der Waals surface area contributed by atoms with Crippen LogP contribution >= 0.6 is 0 Å². The number of amides is 3. The summed E-state index contributed by atoms with van der Waals surface area (Å²) < 4.78 is 16.9. The maximum absolute atomic E-state index is 12.6. The molecule has 2 fully saturated rings. The van der Waals surface area contributed by atoms with Crippen molar-refractivity contribution in [2.24, 2.45) is 0 Å². The molecule has 146 valence electrons. The molecule has 2 N–H and O–H groups in total. The highest BCUT2D eigenvalue weighted by Gasteiger charge is 2.43. The van der Waals surface area contributed by atoms with Crippen LogP contribution in [0.2, 0.25) is 0 Å². The molecular formula is C19H25N3O5. The number of nitrogens with one attached hydrogen (secondary N) is 2. The molecule has 0 saturated carbocycles. The minimum atomic E-state index is -0.154. The molecule has 0 radical (unpaired) electrons. The number of piperidine rings is 1. The first-order valence-electron chi connectivity index (χ1n) is 9.41. The predicted octanol–water partition coefficient (Wildman–Crippen LogP) is 2.10. The largest absolute Gasteiger partial charge is 0.454 e. The molecule has 2 saturated heterocycles. The normalized spacial score (nSPS) is 22.7. The van der Waals surface area contributed by atoms with Crippen molar-refractivity contribution < 1.29 is 23.8 Å². The van der Waals surface area contributed by atoms with E-state index in [0.717, 1.165) is 25.7 Å². The maximum Gasteiger partial charge on any atom is 0.321 e. The Morgan fingerprint density at radius 1 is 1.19 bits per heavy atom. The molecule has 0 bridgehead atoms. The fourth-order valence-corrected chi connectivity index (χ4v) is 3.96. The number of hydrogen-bond acceptors (Lipinski definition) is 5. The molecule has 1 atom stereocenters. The SMILES string of the molecule is CC(=O)NC[C@@H]1CCC2(CCN(C(=O)Nc3ccc4c(c3)OCO4)CC2)O1. The van der Waals surface area contributed by atoms with Gasteiger partial charge in [0.05, 0.1) is 11.7 Å². The van der Waals surface area contributed by atoms with Gasteiger partial charge in [-0.15, -0.1) is 0 Å². The highest BCUT2D eigenvalue weighted by Crippen LogP contribution is 2.39. The standard InChI is InChI=1S/C19H25N3O5/c1-13(23)20-11-15-4-5-19(27-15)6-8-22(9-7-19)18(24)21-14-2-3-16-17(10-14)26-12-25-16/h2-3,10,15H,4-9,11-12H2,1H3,(H,20,23)(H,21,24)/t15-/m0/s1. The van der Waals surface area contributed by atoms with Crippen molar-refractivity contribution in [3.05, 3.63) is 18.2 Å². The van der Waals surface area contributed by atoms with Crippen LogP contribution < -0.4 is 20.1 Å². The summed E-state index contributed by atoms with van der Waals surface area (Å²) in [5.74, 6) is 1.31. The maximum atomic E-state index is 12.6. The number of likely N-dealkylation sites (tertiary alicyclic amines) is 1. The van der Waals surface area contributed by atoms with Crippen molar-refractivity contribution in [3.63, 3.8) is 0 Å². The Balaban J connectivity index is 1.28. The van der Waals surface area contributed by atoms with Gasteiger partial charge >= 0.3 is 6.03 Å². The zero-order chi connectivity index (χ0) is 18.9. The molecular weight excluding hydrogens is 350 g/mol. The van der Waals surface area contributed by atoms with Gasteiger partial charge in [-0.25, -0.2) is 4.79 Å². The third-order valence-electron chi connectivity index (χ3n) is 5.50. The molecule has 3 aliphatic rings. The van der Waals surface area contributed by atoms with Crippen LogP contribution in [0.4, 0.5) is 10.5 Å². The Bertz CT molecular complexity index is 730. The number of benzene rings is 1. The van der Waals surface area contributed by atoms with Gasteiger partial charge in [0, 0.05) is 38.3 Å². The number of fused-ring (bicyclic) bond motifs is 1. The highest BCUT2D eigenvalue weighted by molar-refractivity contribution is 5.89. The number of hydrogen-bond donors (Lipinski definition) is 2. The summed E-state index contributed by atoms with van der Waals surface area (Å²) in [7, 11) is 0. The summed E-state index contributed by atoms with van der Waals surface area (Å²) in [6, 6.07) is 5.27. The second kappa shape index (κ2) is 7.26. The number of anilines is 1. The Kier molecular flexibility index (Phi) is 4.82. The van der Waals surface area contributed by atoms with Crippen LogP contribution in [0.5, 0.6) is 11.5 Å². The summed E-state index contributed by atoms with van der Waals surface area (Å²) in [5.41, 5.74) is 0.538. The van der Waals surface area contributed by atoms with Crippen LogP contribution in [0.3, 0.4) is 0 Å². The average Bonchev–Trinajstić information content (AvgIpc) is 3.27. The third-order valence-corrected chi connectivity index (χ3v) is 5.50. The Hall–Kier alpha value is -2.48. The zero-order valence-electron chi connectivity index (χ0n) is 15.5. The molecule has 3 heterocycles. The van der Waals surface area contributed by atoms with Crippen molar-refractivity contribution in [2.45, 2.75) is 44.3 Å². The molecule has 0 aromatic heterocycles. The van der Waals surface area contributed by atoms with E-state index in [1.165, 1.54) is 6.92 Å². The van der Waals surface area contributed by atoms with Gasteiger partial charge in [0.15, 0.2) is 11.5 Å². The highest BCUT2D eigenvalue weighted by atomic mass is 16.7. The van der Waals surface area contributed by atoms with Crippen molar-refractivity contribution in [2.75, 3.05) is 31.7 Å². The smallest absolute Gasteiger partial charge is 0.321 e. The van der Waals surface area contributed by atoms with Crippen molar-refractivity contribution in [3.8, 4) is 11.5 Å². The van der Waals surface area contributed by atoms with Crippen LogP contribution in [-0.2, 0) is 9.53 Å². The lowest BCUT2D eigenvalue weighted by Gasteiger charge is -2.39. The summed E-state index contributed by atoms with van der Waals surface area (Å²) in [6.45, 7) is 3.60. The van der Waals surface area contributed by atoms with Gasteiger partial charge < -0.3 is 29.7 Å². The molecule has 3 amide bonds. The van der Waals surface area contributed by atoms with E-state index in [1.54, 1.807) is 12.1 Å². The monoisotopic (exact) mass is 375 g/mol. The van der Waals surface area contributed by atoms with Crippen LogP contribution in [0, 0.1) is 0 Å². The first-order valence-corrected chi connectivity index (χ1v) is 9.41. The molecule has 8 heteroatoms. The predicted molar refractivity (Wildman–Crippen MR) is 97.9 cm³/mol. The third kappa shape index (κ3) is 3.95. The number of rotatable bonds is 3. The fraction of sp³-hybridized carbons (Fsp3) is 0.579. The van der Waals surface area contributed by atoms with E-state index < -0.39 is 0 Å². The Labute approximate surface area is 158 Å². The van der Waals surface area contributed by atoms with Crippen LogP contribution in [0.1, 0.15) is 32.6 Å². The molecule has 0 aliphatic carbocycles. The van der Waals surface area contributed by atoms with Crippen LogP contribution in [-0.4, -0.2) is 55.0 Å². The molecule has 4 rings (SSSR count). The van der Waals surface area contributed by atoms with Crippen LogP contribution in [0.15, 0.2) is 18.2 Å². The number of urea groups is 1. The molecule has 3 aliphatic heterocycles. The molecule has 1 spiro atoms. The minimum absolute atomic E-state index is 0.0328. The first-order chi connectivity index (χ1) is 13.0. The van der Waals surface area contributed by atoms with Gasteiger partial charge in [-0.2, -0.15) is 0 Å². The average molecular weight is 375 g/mol. The summed E-state index contributed by atoms with van der Waals surface area (Å²) in [4.78, 5) is 25.5. The topological polar surface area (TPSA) is 89.1 Å². The quantitative estimate of drug-likeness (QED) is 0.845. The summed E-state index contributed by atoms with van der Waals surface area (Å²) >= 11 is 0. The summed E-state index contributed by atoms with van der Waals surface area (Å²) in [5, 5.41) is 5.75. The number of nitrogens with zero attached hydrogens (tertiary/aromatic N) is 1. The van der Waals surface area contributed by atoms with Gasteiger partial charge in [0.25, 0.3) is 0 Å². The number of ether oxygens (including phenoxy) is 3. The van der Waals surface area contributed by atoms with E-state index in [1.807, 2.05) is 11.0 Å². The van der Waals surface area contributed by atoms with Crippen molar-refractivity contribution in [1.82, 2.24) is 10.2 Å². The lowest BCUT2D eigenvalue weighted by molar-refractivity contribution is -0.120. The molecule has 1 aromatic rings. The molecule has 1 aromatic carbocycles. The minimum Gasteiger partial charge on any atom is -0.454 e.